The molecule has 1 saturated heterocycles. The Balaban J connectivity index is 1.54. The van der Waals surface area contributed by atoms with Crippen LogP contribution in [0.25, 0.3) is 0 Å². The predicted octanol–water partition coefficient (Wildman–Crippen LogP) is 4.01. The fraction of sp³-hybridized carbons (Fsp3) is 0.500. The highest BCUT2D eigenvalue weighted by Gasteiger charge is 2.33. The maximum Gasteiger partial charge on any atom is 0.200 e. The number of aliphatic hydroxyl groups excluding tert-OH is 1. The Hall–Kier alpha value is -2.24. The van der Waals surface area contributed by atoms with Gasteiger partial charge in [-0.15, -0.1) is 0 Å². The van der Waals surface area contributed by atoms with Gasteiger partial charge in [0, 0.05) is 13.2 Å². The number of nitrogens with zero attached hydrogens (tertiary/aromatic N) is 1. The predicted molar refractivity (Wildman–Crippen MR) is 115 cm³/mol. The molecule has 158 valence electrons. The van der Waals surface area contributed by atoms with Crippen molar-refractivity contribution in [1.29, 1.82) is 0 Å². The van der Waals surface area contributed by atoms with Crippen LogP contribution in [-0.2, 0) is 13.0 Å². The lowest BCUT2D eigenvalue weighted by Gasteiger charge is -2.41. The Kier molecular flexibility index (Phi) is 7.40. The number of aryl methyl sites for hydroxylation is 1. The number of aromatic hydroxyl groups is 1. The molecule has 0 spiro atoms. The number of aliphatic hydroxyl groups is 1. The van der Waals surface area contributed by atoms with Gasteiger partial charge in [0.25, 0.3) is 0 Å². The number of methoxy groups -OCH3 is 2. The van der Waals surface area contributed by atoms with Gasteiger partial charge in [0.05, 0.1) is 14.2 Å². The highest BCUT2D eigenvalue weighted by molar-refractivity contribution is 5.52. The smallest absolute Gasteiger partial charge is 0.200 e. The van der Waals surface area contributed by atoms with Crippen LogP contribution in [0.1, 0.15) is 36.8 Å². The van der Waals surface area contributed by atoms with Crippen molar-refractivity contribution in [1.82, 2.24) is 4.90 Å². The van der Waals surface area contributed by atoms with Crippen LogP contribution in [0.4, 0.5) is 0 Å². The zero-order chi connectivity index (χ0) is 20.7. The van der Waals surface area contributed by atoms with Crippen molar-refractivity contribution in [2.24, 2.45) is 5.41 Å². The molecule has 1 fully saturated rings. The first-order valence-corrected chi connectivity index (χ1v) is 10.4. The molecular formula is C24H33NO4. The van der Waals surface area contributed by atoms with Gasteiger partial charge in [0.2, 0.25) is 5.75 Å². The van der Waals surface area contributed by atoms with Crippen molar-refractivity contribution in [3.8, 4) is 17.2 Å². The number of hydrogen-bond acceptors (Lipinski definition) is 5. The van der Waals surface area contributed by atoms with E-state index in [-0.39, 0.29) is 17.8 Å². The van der Waals surface area contributed by atoms with E-state index in [0.717, 1.165) is 57.3 Å². The summed E-state index contributed by atoms with van der Waals surface area (Å²) < 4.78 is 10.5. The molecule has 0 saturated carbocycles. The first-order valence-electron chi connectivity index (χ1n) is 10.4. The molecule has 3 rings (SSSR count). The van der Waals surface area contributed by atoms with Crippen LogP contribution in [0, 0.1) is 5.41 Å². The Morgan fingerprint density at radius 2 is 1.59 bits per heavy atom. The van der Waals surface area contributed by atoms with Crippen molar-refractivity contribution in [2.75, 3.05) is 33.9 Å². The fourth-order valence-electron chi connectivity index (χ4n) is 4.28. The molecule has 1 aliphatic heterocycles. The molecular weight excluding hydrogens is 366 g/mol. The fourth-order valence-corrected chi connectivity index (χ4v) is 4.28. The second-order valence-electron chi connectivity index (χ2n) is 8.12. The molecule has 1 heterocycles. The van der Waals surface area contributed by atoms with E-state index < -0.39 is 0 Å². The molecule has 5 heteroatoms. The van der Waals surface area contributed by atoms with Gasteiger partial charge >= 0.3 is 0 Å². The molecule has 2 aromatic carbocycles. The molecule has 29 heavy (non-hydrogen) atoms. The summed E-state index contributed by atoms with van der Waals surface area (Å²) in [6, 6.07) is 14.3. The van der Waals surface area contributed by atoms with Gasteiger partial charge in [0.1, 0.15) is 0 Å². The van der Waals surface area contributed by atoms with Crippen molar-refractivity contribution < 1.29 is 19.7 Å². The van der Waals surface area contributed by atoms with Gasteiger partial charge in [-0.1, -0.05) is 30.3 Å². The van der Waals surface area contributed by atoms with E-state index in [4.69, 9.17) is 9.47 Å². The summed E-state index contributed by atoms with van der Waals surface area (Å²) in [5, 5.41) is 20.2. The number of benzene rings is 2. The standard InChI is InChI=1S/C24H33NO4/c1-28-21-15-20(16-22(29-2)23(21)27)17-25-13-11-24(18-26,12-14-25)10-6-9-19-7-4-3-5-8-19/h3-5,7-8,15-16,26-27H,6,9-14,17-18H2,1-2H3. The molecule has 1 aliphatic rings. The van der Waals surface area contributed by atoms with Gasteiger partial charge in [-0.25, -0.2) is 0 Å². The van der Waals surface area contributed by atoms with Crippen molar-refractivity contribution in [3.63, 3.8) is 0 Å². The topological polar surface area (TPSA) is 62.2 Å². The van der Waals surface area contributed by atoms with Crippen LogP contribution in [0.2, 0.25) is 0 Å². The minimum atomic E-state index is 0.0371. The second kappa shape index (κ2) is 9.99. The third-order valence-corrected chi connectivity index (χ3v) is 6.21. The zero-order valence-electron chi connectivity index (χ0n) is 17.6. The van der Waals surface area contributed by atoms with E-state index in [1.165, 1.54) is 5.56 Å². The van der Waals surface area contributed by atoms with Crippen LogP contribution in [0.15, 0.2) is 42.5 Å². The van der Waals surface area contributed by atoms with Crippen LogP contribution in [0.3, 0.4) is 0 Å². The SMILES string of the molecule is COc1cc(CN2CCC(CO)(CCCc3ccccc3)CC2)cc(OC)c1O. The van der Waals surface area contributed by atoms with Crippen molar-refractivity contribution in [3.05, 3.63) is 53.6 Å². The van der Waals surface area contributed by atoms with Gasteiger partial charge in [-0.05, 0) is 73.9 Å². The summed E-state index contributed by atoms with van der Waals surface area (Å²) in [6.45, 7) is 2.95. The Morgan fingerprint density at radius 3 is 2.14 bits per heavy atom. The van der Waals surface area contributed by atoms with Crippen molar-refractivity contribution >= 4 is 0 Å². The number of phenols is 1. The highest BCUT2D eigenvalue weighted by Crippen LogP contribution is 2.39. The summed E-state index contributed by atoms with van der Waals surface area (Å²) in [6.07, 6.45) is 5.25. The molecule has 5 nitrogen and oxygen atoms in total. The molecule has 0 aliphatic carbocycles. The average molecular weight is 400 g/mol. The number of likely N-dealkylation sites (tertiary alicyclic amines) is 1. The normalized spacial score (nSPS) is 16.5. The molecule has 0 unspecified atom stereocenters. The zero-order valence-corrected chi connectivity index (χ0v) is 17.6. The molecule has 0 atom stereocenters. The lowest BCUT2D eigenvalue weighted by molar-refractivity contribution is 0.0329. The van der Waals surface area contributed by atoms with Crippen molar-refractivity contribution in [2.45, 2.75) is 38.6 Å². The number of rotatable bonds is 9. The minimum Gasteiger partial charge on any atom is -0.502 e. The third-order valence-electron chi connectivity index (χ3n) is 6.21. The Bertz CT molecular complexity index is 745. The Labute approximate surface area is 173 Å². The minimum absolute atomic E-state index is 0.0371. The van der Waals surface area contributed by atoms with E-state index >= 15 is 0 Å². The lowest BCUT2D eigenvalue weighted by atomic mass is 9.75. The second-order valence-corrected chi connectivity index (χ2v) is 8.12. The number of hydrogen-bond donors (Lipinski definition) is 2. The van der Waals surface area contributed by atoms with Gasteiger partial charge < -0.3 is 19.7 Å². The first kappa shape index (κ1) is 21.5. The largest absolute Gasteiger partial charge is 0.502 e. The monoisotopic (exact) mass is 399 g/mol. The highest BCUT2D eigenvalue weighted by atomic mass is 16.5. The molecule has 2 aromatic rings. The van der Waals surface area contributed by atoms with Crippen LogP contribution >= 0.6 is 0 Å². The van der Waals surface area contributed by atoms with Gasteiger partial charge in [0.15, 0.2) is 11.5 Å². The Morgan fingerprint density at radius 1 is 0.966 bits per heavy atom. The maximum atomic E-state index is 10.1. The van der Waals surface area contributed by atoms with E-state index in [1.54, 1.807) is 14.2 Å². The number of phenolic OH excluding ortho intramolecular Hbond substituents is 1. The number of ether oxygens (including phenoxy) is 2. The summed E-state index contributed by atoms with van der Waals surface area (Å²) in [4.78, 5) is 2.40. The van der Waals surface area contributed by atoms with Gasteiger partial charge in [-0.3, -0.25) is 4.90 Å². The van der Waals surface area contributed by atoms with Gasteiger partial charge in [-0.2, -0.15) is 0 Å². The summed E-state index contributed by atoms with van der Waals surface area (Å²) >= 11 is 0. The number of piperidine rings is 1. The molecule has 0 aromatic heterocycles. The quantitative estimate of drug-likeness (QED) is 0.667. The third kappa shape index (κ3) is 5.43. The maximum absolute atomic E-state index is 10.1. The first-order chi connectivity index (χ1) is 14.1. The molecule has 0 amide bonds. The van der Waals surface area contributed by atoms with Crippen LogP contribution < -0.4 is 9.47 Å². The van der Waals surface area contributed by atoms with E-state index in [2.05, 4.69) is 29.2 Å². The van der Waals surface area contributed by atoms with E-state index in [0.29, 0.717) is 11.5 Å². The average Bonchev–Trinajstić information content (AvgIpc) is 2.77. The van der Waals surface area contributed by atoms with E-state index in [1.807, 2.05) is 18.2 Å². The summed E-state index contributed by atoms with van der Waals surface area (Å²) in [7, 11) is 3.09. The lowest BCUT2D eigenvalue weighted by Crippen LogP contribution is -2.41. The molecule has 0 radical (unpaired) electrons. The summed E-state index contributed by atoms with van der Waals surface area (Å²) in [5.74, 6) is 0.902. The van der Waals surface area contributed by atoms with E-state index in [9.17, 15) is 10.2 Å². The van der Waals surface area contributed by atoms with Crippen LogP contribution in [-0.4, -0.2) is 49.0 Å². The van der Waals surface area contributed by atoms with Crippen LogP contribution in [0.5, 0.6) is 17.2 Å². The molecule has 0 bridgehead atoms. The molecule has 2 N–H and O–H groups in total. The summed E-state index contributed by atoms with van der Waals surface area (Å²) in [5.41, 5.74) is 2.46.